The van der Waals surface area contributed by atoms with Crippen LogP contribution in [0.1, 0.15) is 44.7 Å². The van der Waals surface area contributed by atoms with Gasteiger partial charge in [0, 0.05) is 29.8 Å². The first-order valence-corrected chi connectivity index (χ1v) is 8.54. The summed E-state index contributed by atoms with van der Waals surface area (Å²) in [7, 11) is 0. The van der Waals surface area contributed by atoms with Crippen LogP contribution < -0.4 is 15.8 Å². The molecule has 0 saturated carbocycles. The van der Waals surface area contributed by atoms with Gasteiger partial charge in [-0.3, -0.25) is 25.2 Å². The van der Waals surface area contributed by atoms with Gasteiger partial charge in [0.2, 0.25) is 5.91 Å². The molecular formula is C20H21N3O3. The Bertz CT molecular complexity index is 859. The first kappa shape index (κ1) is 17.7. The molecule has 2 aromatic rings. The Morgan fingerprint density at radius 3 is 2.27 bits per heavy atom. The van der Waals surface area contributed by atoms with Gasteiger partial charge in [0.15, 0.2) is 0 Å². The Balaban J connectivity index is 1.61. The summed E-state index contributed by atoms with van der Waals surface area (Å²) in [4.78, 5) is 37.9. The Kier molecular flexibility index (Phi) is 5.02. The quantitative estimate of drug-likeness (QED) is 0.834. The zero-order chi connectivity index (χ0) is 18.7. The molecule has 1 saturated heterocycles. The smallest absolute Gasteiger partial charge is 0.269 e. The van der Waals surface area contributed by atoms with Crippen LogP contribution in [-0.2, 0) is 4.79 Å². The van der Waals surface area contributed by atoms with E-state index in [1.54, 1.807) is 35.2 Å². The van der Waals surface area contributed by atoms with Gasteiger partial charge in [0.1, 0.15) is 0 Å². The first-order valence-electron chi connectivity index (χ1n) is 8.54. The van der Waals surface area contributed by atoms with Gasteiger partial charge in [0.05, 0.1) is 0 Å². The maximum Gasteiger partial charge on any atom is 0.269 e. The zero-order valence-corrected chi connectivity index (χ0v) is 14.8. The average Bonchev–Trinajstić information content (AvgIpc) is 3.05. The number of hydrogen-bond donors (Lipinski definition) is 2. The van der Waals surface area contributed by atoms with Crippen LogP contribution >= 0.6 is 0 Å². The van der Waals surface area contributed by atoms with Crippen molar-refractivity contribution in [2.45, 2.75) is 26.7 Å². The monoisotopic (exact) mass is 351 g/mol. The highest BCUT2D eigenvalue weighted by atomic mass is 16.2. The summed E-state index contributed by atoms with van der Waals surface area (Å²) in [5, 5.41) is 0. The predicted molar refractivity (Wildman–Crippen MR) is 98.9 cm³/mol. The lowest BCUT2D eigenvalue weighted by Gasteiger charge is -2.16. The molecule has 6 heteroatoms. The number of nitrogens with one attached hydrogen (secondary N) is 2. The Hall–Kier alpha value is -3.15. The lowest BCUT2D eigenvalue weighted by Crippen LogP contribution is -2.41. The molecule has 3 amide bonds. The van der Waals surface area contributed by atoms with Gasteiger partial charge >= 0.3 is 0 Å². The fourth-order valence-corrected chi connectivity index (χ4v) is 3.04. The largest absolute Gasteiger partial charge is 0.312 e. The van der Waals surface area contributed by atoms with E-state index in [4.69, 9.17) is 0 Å². The van der Waals surface area contributed by atoms with Gasteiger partial charge in [-0.25, -0.2) is 0 Å². The van der Waals surface area contributed by atoms with Crippen molar-refractivity contribution in [2.24, 2.45) is 0 Å². The minimum Gasteiger partial charge on any atom is -0.312 e. The molecule has 2 aromatic carbocycles. The van der Waals surface area contributed by atoms with Crippen LogP contribution in [0, 0.1) is 13.8 Å². The summed E-state index contributed by atoms with van der Waals surface area (Å²) in [6.07, 6.45) is 1.41. The summed E-state index contributed by atoms with van der Waals surface area (Å²) in [5.41, 5.74) is 8.46. The summed E-state index contributed by atoms with van der Waals surface area (Å²) in [6.45, 7) is 4.51. The van der Waals surface area contributed by atoms with Crippen LogP contribution in [0.4, 0.5) is 5.69 Å². The molecule has 0 atom stereocenters. The van der Waals surface area contributed by atoms with Crippen molar-refractivity contribution < 1.29 is 14.4 Å². The SMILES string of the molecule is Cc1ccc(C(=O)NNC(=O)c2ccc(N3CCCC3=O)cc2)c(C)c1. The van der Waals surface area contributed by atoms with Crippen LogP contribution in [0.5, 0.6) is 0 Å². The van der Waals surface area contributed by atoms with E-state index in [0.717, 1.165) is 23.2 Å². The van der Waals surface area contributed by atoms with Crippen molar-refractivity contribution in [2.75, 3.05) is 11.4 Å². The average molecular weight is 351 g/mol. The second-order valence-electron chi connectivity index (χ2n) is 6.42. The normalized spacial score (nSPS) is 13.6. The van der Waals surface area contributed by atoms with E-state index >= 15 is 0 Å². The number of nitrogens with zero attached hydrogens (tertiary/aromatic N) is 1. The number of amides is 3. The second-order valence-corrected chi connectivity index (χ2v) is 6.42. The number of hydrazine groups is 1. The molecule has 0 radical (unpaired) electrons. The van der Waals surface area contributed by atoms with Crippen LogP contribution in [0.3, 0.4) is 0 Å². The maximum absolute atomic E-state index is 12.2. The first-order chi connectivity index (χ1) is 12.5. The van der Waals surface area contributed by atoms with Crippen molar-refractivity contribution in [3.8, 4) is 0 Å². The molecule has 1 aliphatic heterocycles. The Labute approximate surface area is 152 Å². The number of benzene rings is 2. The van der Waals surface area contributed by atoms with E-state index < -0.39 is 5.91 Å². The van der Waals surface area contributed by atoms with Gasteiger partial charge in [-0.05, 0) is 56.2 Å². The van der Waals surface area contributed by atoms with Crippen LogP contribution in [0.15, 0.2) is 42.5 Å². The minimum atomic E-state index is -0.414. The molecule has 0 spiro atoms. The third-order valence-corrected chi connectivity index (χ3v) is 4.43. The molecule has 0 aromatic heterocycles. The van der Waals surface area contributed by atoms with Gasteiger partial charge in [-0.1, -0.05) is 17.7 Å². The van der Waals surface area contributed by atoms with E-state index in [1.807, 2.05) is 26.0 Å². The molecule has 3 rings (SSSR count). The second kappa shape index (κ2) is 7.39. The minimum absolute atomic E-state index is 0.0999. The van der Waals surface area contributed by atoms with Crippen LogP contribution in [-0.4, -0.2) is 24.3 Å². The lowest BCUT2D eigenvalue weighted by molar-refractivity contribution is -0.117. The van der Waals surface area contributed by atoms with E-state index in [2.05, 4.69) is 10.9 Å². The molecule has 0 bridgehead atoms. The number of carbonyl (C=O) groups is 3. The lowest BCUT2D eigenvalue weighted by atomic mass is 10.1. The highest BCUT2D eigenvalue weighted by Crippen LogP contribution is 2.21. The van der Waals surface area contributed by atoms with E-state index in [-0.39, 0.29) is 11.8 Å². The van der Waals surface area contributed by atoms with E-state index in [0.29, 0.717) is 24.1 Å². The number of aryl methyl sites for hydroxylation is 2. The Morgan fingerprint density at radius 1 is 0.962 bits per heavy atom. The maximum atomic E-state index is 12.2. The standard InChI is InChI=1S/C20H21N3O3/c1-13-5-10-17(14(2)12-13)20(26)22-21-19(25)15-6-8-16(9-7-15)23-11-3-4-18(23)24/h5-10,12H,3-4,11H2,1-2H3,(H,21,25)(H,22,26). The van der Waals surface area contributed by atoms with E-state index in [9.17, 15) is 14.4 Å². The van der Waals surface area contributed by atoms with Crippen LogP contribution in [0.2, 0.25) is 0 Å². The van der Waals surface area contributed by atoms with Crippen molar-refractivity contribution >= 4 is 23.4 Å². The summed E-state index contributed by atoms with van der Waals surface area (Å²) < 4.78 is 0. The van der Waals surface area contributed by atoms with Gasteiger partial charge < -0.3 is 4.90 Å². The van der Waals surface area contributed by atoms with Gasteiger partial charge in [0.25, 0.3) is 11.8 Å². The van der Waals surface area contributed by atoms with Gasteiger partial charge in [-0.2, -0.15) is 0 Å². The van der Waals surface area contributed by atoms with Crippen molar-refractivity contribution in [3.63, 3.8) is 0 Å². The summed E-state index contributed by atoms with van der Waals surface area (Å²) >= 11 is 0. The summed E-state index contributed by atoms with van der Waals surface area (Å²) in [6, 6.07) is 12.2. The van der Waals surface area contributed by atoms with Crippen molar-refractivity contribution in [1.82, 2.24) is 10.9 Å². The van der Waals surface area contributed by atoms with Crippen molar-refractivity contribution in [1.29, 1.82) is 0 Å². The molecule has 1 aliphatic rings. The van der Waals surface area contributed by atoms with Gasteiger partial charge in [-0.15, -0.1) is 0 Å². The third-order valence-electron chi connectivity index (χ3n) is 4.43. The zero-order valence-electron chi connectivity index (χ0n) is 14.8. The number of rotatable bonds is 3. The van der Waals surface area contributed by atoms with E-state index in [1.165, 1.54) is 0 Å². The topological polar surface area (TPSA) is 78.5 Å². The fraction of sp³-hybridized carbons (Fsp3) is 0.250. The fourth-order valence-electron chi connectivity index (χ4n) is 3.04. The predicted octanol–water partition coefficient (Wildman–Crippen LogP) is 2.51. The molecule has 2 N–H and O–H groups in total. The molecule has 134 valence electrons. The molecule has 1 fully saturated rings. The molecular weight excluding hydrogens is 330 g/mol. The number of carbonyl (C=O) groups excluding carboxylic acids is 3. The Morgan fingerprint density at radius 2 is 1.65 bits per heavy atom. The van der Waals surface area contributed by atoms with Crippen molar-refractivity contribution in [3.05, 3.63) is 64.7 Å². The third kappa shape index (κ3) is 3.74. The number of hydrogen-bond acceptors (Lipinski definition) is 3. The highest BCUT2D eigenvalue weighted by Gasteiger charge is 2.21. The molecule has 0 aliphatic carbocycles. The molecule has 6 nitrogen and oxygen atoms in total. The molecule has 26 heavy (non-hydrogen) atoms. The van der Waals surface area contributed by atoms with Crippen LogP contribution in [0.25, 0.3) is 0 Å². The molecule has 0 unspecified atom stereocenters. The summed E-state index contributed by atoms with van der Waals surface area (Å²) in [5.74, 6) is -0.680. The number of anilines is 1. The molecule has 1 heterocycles. The highest BCUT2D eigenvalue weighted by molar-refractivity contribution is 6.00.